The second-order valence-electron chi connectivity index (χ2n) is 6.85. The highest BCUT2D eigenvalue weighted by Crippen LogP contribution is 2.31. The van der Waals surface area contributed by atoms with Gasteiger partial charge in [-0.25, -0.2) is 0 Å². The lowest BCUT2D eigenvalue weighted by Gasteiger charge is -2.47. The Morgan fingerprint density at radius 3 is 2.77 bits per heavy atom. The number of rotatable bonds is 5. The minimum absolute atomic E-state index is 0. The zero-order valence-corrected chi connectivity index (χ0v) is 16.8. The summed E-state index contributed by atoms with van der Waals surface area (Å²) in [6, 6.07) is 10.5. The number of nitrogens with one attached hydrogen (secondary N) is 1. The average molecular weight is 399 g/mol. The molecular formula is C19H28Cl2N4O. The lowest BCUT2D eigenvalue weighted by Crippen LogP contribution is -2.56. The molecule has 26 heavy (non-hydrogen) atoms. The second kappa shape index (κ2) is 10.7. The normalized spacial score (nSPS) is 22.6. The summed E-state index contributed by atoms with van der Waals surface area (Å²) >= 11 is 0. The van der Waals surface area contributed by atoms with Gasteiger partial charge in [0.1, 0.15) is 0 Å². The molecule has 0 radical (unpaired) electrons. The molecule has 1 aromatic rings. The van der Waals surface area contributed by atoms with Gasteiger partial charge in [-0.3, -0.25) is 9.69 Å². The number of nitrogens with zero attached hydrogens (tertiary/aromatic N) is 3. The first-order chi connectivity index (χ1) is 11.7. The van der Waals surface area contributed by atoms with Crippen LogP contribution in [0.5, 0.6) is 0 Å². The molecule has 0 unspecified atom stereocenters. The van der Waals surface area contributed by atoms with Crippen molar-refractivity contribution in [3.63, 3.8) is 0 Å². The van der Waals surface area contributed by atoms with E-state index >= 15 is 0 Å². The van der Waals surface area contributed by atoms with Gasteiger partial charge in [-0.2, -0.15) is 5.26 Å². The van der Waals surface area contributed by atoms with E-state index in [1.807, 2.05) is 31.3 Å². The summed E-state index contributed by atoms with van der Waals surface area (Å²) in [7, 11) is 1.93. The molecule has 1 amide bonds. The van der Waals surface area contributed by atoms with Gasteiger partial charge in [0.25, 0.3) is 0 Å². The van der Waals surface area contributed by atoms with Crippen LogP contribution in [0.1, 0.15) is 30.4 Å². The molecule has 7 heteroatoms. The van der Waals surface area contributed by atoms with Crippen LogP contribution in [-0.4, -0.2) is 55.0 Å². The number of carbonyl (C=O) groups is 1. The van der Waals surface area contributed by atoms with E-state index in [9.17, 15) is 10.1 Å². The van der Waals surface area contributed by atoms with Gasteiger partial charge < -0.3 is 10.2 Å². The van der Waals surface area contributed by atoms with Crippen molar-refractivity contribution < 1.29 is 4.79 Å². The smallest absolute Gasteiger partial charge is 0.222 e. The van der Waals surface area contributed by atoms with E-state index in [1.54, 1.807) is 0 Å². The van der Waals surface area contributed by atoms with E-state index < -0.39 is 0 Å². The number of amides is 1. The van der Waals surface area contributed by atoms with Gasteiger partial charge in [-0.15, -0.1) is 24.8 Å². The van der Waals surface area contributed by atoms with Crippen molar-refractivity contribution >= 4 is 30.7 Å². The zero-order valence-electron chi connectivity index (χ0n) is 15.2. The maximum atomic E-state index is 12.3. The Morgan fingerprint density at radius 1 is 1.27 bits per heavy atom. The van der Waals surface area contributed by atoms with Crippen LogP contribution >= 0.6 is 24.8 Å². The van der Waals surface area contributed by atoms with Gasteiger partial charge in [0.15, 0.2) is 0 Å². The summed E-state index contributed by atoms with van der Waals surface area (Å²) in [6.07, 6.45) is 2.71. The summed E-state index contributed by atoms with van der Waals surface area (Å²) in [4.78, 5) is 16.8. The number of carbonyl (C=O) groups excluding carboxylic acids is 1. The third-order valence-electron chi connectivity index (χ3n) is 5.36. The highest BCUT2D eigenvalue weighted by Gasteiger charge is 2.38. The Balaban J connectivity index is 0.00000169. The Labute approximate surface area is 168 Å². The molecule has 5 nitrogen and oxygen atoms in total. The fraction of sp³-hybridized carbons (Fsp3) is 0.579. The summed E-state index contributed by atoms with van der Waals surface area (Å²) in [5.41, 5.74) is 1.88. The van der Waals surface area contributed by atoms with Crippen LogP contribution in [0.3, 0.4) is 0 Å². The standard InChI is InChI=1S/C19H26N4O.2ClH/c1-21-9-11-23-18-8-10-22(14-17(18)6-7-19(23)24)13-16-5-3-2-4-15(16)12-20;;/h2-5,17-18,21H,6-11,13-14H2,1H3;2*1H/t17-,18+;;/m0../s1. The Morgan fingerprint density at radius 2 is 2.04 bits per heavy atom. The highest BCUT2D eigenvalue weighted by molar-refractivity contribution is 5.85. The van der Waals surface area contributed by atoms with Crippen molar-refractivity contribution in [2.75, 3.05) is 33.2 Å². The number of hydrogen-bond donors (Lipinski definition) is 1. The third-order valence-corrected chi connectivity index (χ3v) is 5.36. The zero-order chi connectivity index (χ0) is 16.9. The van der Waals surface area contributed by atoms with Crippen molar-refractivity contribution in [2.45, 2.75) is 31.8 Å². The van der Waals surface area contributed by atoms with E-state index in [0.29, 0.717) is 24.3 Å². The number of piperidine rings is 2. The number of likely N-dealkylation sites (N-methyl/N-ethyl adjacent to an activating group) is 1. The topological polar surface area (TPSA) is 59.4 Å². The molecule has 1 aromatic carbocycles. The monoisotopic (exact) mass is 398 g/mol. The molecule has 1 N–H and O–H groups in total. The lowest BCUT2D eigenvalue weighted by atomic mass is 9.83. The predicted molar refractivity (Wildman–Crippen MR) is 108 cm³/mol. The lowest BCUT2D eigenvalue weighted by molar-refractivity contribution is -0.141. The Hall–Kier alpha value is -1.32. The molecule has 0 spiro atoms. The van der Waals surface area contributed by atoms with Gasteiger partial charge in [0.05, 0.1) is 11.6 Å². The number of fused-ring (bicyclic) bond motifs is 1. The molecule has 2 aliphatic heterocycles. The first kappa shape index (κ1) is 22.7. The largest absolute Gasteiger partial charge is 0.338 e. The van der Waals surface area contributed by atoms with E-state index in [2.05, 4.69) is 21.2 Å². The highest BCUT2D eigenvalue weighted by atomic mass is 35.5. The van der Waals surface area contributed by atoms with Crippen LogP contribution in [0, 0.1) is 17.2 Å². The number of benzene rings is 1. The maximum Gasteiger partial charge on any atom is 0.222 e. The number of likely N-dealkylation sites (tertiary alicyclic amines) is 2. The van der Waals surface area contributed by atoms with Gasteiger partial charge in [0.2, 0.25) is 5.91 Å². The summed E-state index contributed by atoms with van der Waals surface area (Å²) in [5, 5.41) is 12.4. The van der Waals surface area contributed by atoms with Crippen molar-refractivity contribution in [2.24, 2.45) is 5.92 Å². The molecule has 0 saturated carbocycles. The quantitative estimate of drug-likeness (QED) is 0.827. The van der Waals surface area contributed by atoms with Crippen LogP contribution in [0.4, 0.5) is 0 Å². The predicted octanol–water partition coefficient (Wildman–Crippen LogP) is 2.43. The van der Waals surface area contributed by atoms with Crippen molar-refractivity contribution in [3.8, 4) is 6.07 Å². The van der Waals surface area contributed by atoms with Crippen LogP contribution in [0.25, 0.3) is 0 Å². The first-order valence-corrected chi connectivity index (χ1v) is 8.87. The first-order valence-electron chi connectivity index (χ1n) is 8.87. The van der Waals surface area contributed by atoms with E-state index in [0.717, 1.165) is 56.7 Å². The Kier molecular flexibility index (Phi) is 9.38. The van der Waals surface area contributed by atoms with Crippen molar-refractivity contribution in [3.05, 3.63) is 35.4 Å². The van der Waals surface area contributed by atoms with Gasteiger partial charge in [0, 0.05) is 45.2 Å². The van der Waals surface area contributed by atoms with Crippen LogP contribution in [0.15, 0.2) is 24.3 Å². The van der Waals surface area contributed by atoms with Gasteiger partial charge >= 0.3 is 0 Å². The third kappa shape index (κ3) is 5.11. The second-order valence-corrected chi connectivity index (χ2v) is 6.85. The van der Waals surface area contributed by atoms with Crippen LogP contribution < -0.4 is 5.32 Å². The SMILES string of the molecule is CNCCN1C(=O)CC[C@H]2CN(Cc3ccccc3C#N)CC[C@H]21.Cl.Cl. The molecule has 2 heterocycles. The van der Waals surface area contributed by atoms with Gasteiger partial charge in [-0.05, 0) is 37.4 Å². The van der Waals surface area contributed by atoms with Crippen molar-refractivity contribution in [1.82, 2.24) is 15.1 Å². The minimum atomic E-state index is 0. The molecule has 0 bridgehead atoms. The summed E-state index contributed by atoms with van der Waals surface area (Å²) < 4.78 is 0. The molecule has 2 aliphatic rings. The number of nitriles is 1. The van der Waals surface area contributed by atoms with Crippen LogP contribution in [0.2, 0.25) is 0 Å². The van der Waals surface area contributed by atoms with Crippen LogP contribution in [-0.2, 0) is 11.3 Å². The fourth-order valence-corrected chi connectivity index (χ4v) is 4.10. The Bertz CT molecular complexity index is 634. The molecule has 0 aliphatic carbocycles. The summed E-state index contributed by atoms with van der Waals surface area (Å²) in [6.45, 7) is 4.51. The fourth-order valence-electron chi connectivity index (χ4n) is 4.10. The molecule has 2 saturated heterocycles. The van der Waals surface area contributed by atoms with E-state index in [1.165, 1.54) is 0 Å². The minimum Gasteiger partial charge on any atom is -0.338 e. The molecule has 144 valence electrons. The molecule has 3 rings (SSSR count). The van der Waals surface area contributed by atoms with E-state index in [-0.39, 0.29) is 24.8 Å². The number of halogens is 2. The molecular weight excluding hydrogens is 371 g/mol. The van der Waals surface area contributed by atoms with E-state index in [4.69, 9.17) is 0 Å². The van der Waals surface area contributed by atoms with Crippen molar-refractivity contribution in [1.29, 1.82) is 5.26 Å². The molecule has 0 aromatic heterocycles. The number of hydrogen-bond acceptors (Lipinski definition) is 4. The summed E-state index contributed by atoms with van der Waals surface area (Å²) in [5.74, 6) is 0.873. The molecule has 2 atom stereocenters. The van der Waals surface area contributed by atoms with Gasteiger partial charge in [-0.1, -0.05) is 18.2 Å². The maximum absolute atomic E-state index is 12.3. The average Bonchev–Trinajstić information content (AvgIpc) is 2.61. The molecule has 2 fully saturated rings.